The van der Waals surface area contributed by atoms with Crippen LogP contribution in [0.5, 0.6) is 0 Å². The topological polar surface area (TPSA) is 70.7 Å². The van der Waals surface area contributed by atoms with Crippen LogP contribution in [-0.2, 0) is 12.6 Å². The van der Waals surface area contributed by atoms with Crippen molar-refractivity contribution in [2.75, 3.05) is 5.32 Å². The standard InChI is InChI=1S/C13H13F3N4O/c1-3-10-18-11(20-19-10)12(21)17-9-6-8(13(14,15)16)5-4-7(9)2/h4-6H,3H2,1-2H3,(H,17,21)(H,18,19,20). The van der Waals surface area contributed by atoms with Crippen LogP contribution >= 0.6 is 0 Å². The van der Waals surface area contributed by atoms with Crippen molar-refractivity contribution < 1.29 is 18.0 Å². The van der Waals surface area contributed by atoms with E-state index in [9.17, 15) is 18.0 Å². The van der Waals surface area contributed by atoms with Crippen molar-refractivity contribution >= 4 is 11.6 Å². The molecule has 1 heterocycles. The Kier molecular flexibility index (Phi) is 3.97. The van der Waals surface area contributed by atoms with Crippen molar-refractivity contribution in [2.24, 2.45) is 0 Å². The van der Waals surface area contributed by atoms with E-state index < -0.39 is 17.6 Å². The summed E-state index contributed by atoms with van der Waals surface area (Å²) in [5.41, 5.74) is -0.229. The lowest BCUT2D eigenvalue weighted by molar-refractivity contribution is -0.137. The van der Waals surface area contributed by atoms with Crippen LogP contribution in [0.25, 0.3) is 0 Å². The zero-order chi connectivity index (χ0) is 15.6. The van der Waals surface area contributed by atoms with Crippen molar-refractivity contribution in [1.82, 2.24) is 15.2 Å². The third-order valence-corrected chi connectivity index (χ3v) is 2.88. The average molecular weight is 298 g/mol. The van der Waals surface area contributed by atoms with Crippen LogP contribution in [0.3, 0.4) is 0 Å². The molecule has 21 heavy (non-hydrogen) atoms. The molecule has 0 spiro atoms. The van der Waals surface area contributed by atoms with E-state index in [0.717, 1.165) is 12.1 Å². The van der Waals surface area contributed by atoms with Crippen molar-refractivity contribution in [2.45, 2.75) is 26.4 Å². The number of amides is 1. The average Bonchev–Trinajstić information content (AvgIpc) is 2.88. The van der Waals surface area contributed by atoms with Crippen LogP contribution in [0.1, 0.15) is 34.5 Å². The zero-order valence-electron chi connectivity index (χ0n) is 11.4. The molecule has 0 saturated heterocycles. The Hall–Kier alpha value is -2.38. The highest BCUT2D eigenvalue weighted by Crippen LogP contribution is 2.32. The number of hydrogen-bond donors (Lipinski definition) is 2. The summed E-state index contributed by atoms with van der Waals surface area (Å²) in [6.45, 7) is 3.43. The first kappa shape index (κ1) is 15.0. The highest BCUT2D eigenvalue weighted by atomic mass is 19.4. The lowest BCUT2D eigenvalue weighted by Crippen LogP contribution is -2.15. The number of benzene rings is 1. The molecule has 0 saturated carbocycles. The van der Waals surface area contributed by atoms with E-state index in [1.807, 2.05) is 6.92 Å². The molecule has 0 aliphatic carbocycles. The van der Waals surface area contributed by atoms with Crippen LogP contribution < -0.4 is 5.32 Å². The maximum atomic E-state index is 12.7. The second kappa shape index (κ2) is 5.55. The van der Waals surface area contributed by atoms with E-state index >= 15 is 0 Å². The number of aryl methyl sites for hydroxylation is 2. The summed E-state index contributed by atoms with van der Waals surface area (Å²) < 4.78 is 38.0. The minimum absolute atomic E-state index is 0.0812. The molecule has 8 heteroatoms. The van der Waals surface area contributed by atoms with Gasteiger partial charge in [0.2, 0.25) is 5.82 Å². The second-order valence-corrected chi connectivity index (χ2v) is 4.44. The Morgan fingerprint density at radius 3 is 2.67 bits per heavy atom. The number of H-pyrrole nitrogens is 1. The molecular weight excluding hydrogens is 285 g/mol. The van der Waals surface area contributed by atoms with Crippen LogP contribution in [0.4, 0.5) is 18.9 Å². The first-order chi connectivity index (χ1) is 9.81. The summed E-state index contributed by atoms with van der Waals surface area (Å²) in [7, 11) is 0. The molecule has 2 rings (SSSR count). The SMILES string of the molecule is CCc1nc(C(=O)Nc2cc(C(F)(F)F)ccc2C)n[nH]1. The number of carbonyl (C=O) groups excluding carboxylic acids is 1. The summed E-state index contributed by atoms with van der Waals surface area (Å²) in [4.78, 5) is 15.8. The Labute approximate surface area is 118 Å². The number of rotatable bonds is 3. The first-order valence-corrected chi connectivity index (χ1v) is 6.21. The van der Waals surface area contributed by atoms with Gasteiger partial charge in [-0.15, -0.1) is 5.10 Å². The van der Waals surface area contributed by atoms with Gasteiger partial charge in [0.1, 0.15) is 5.82 Å². The van der Waals surface area contributed by atoms with Gasteiger partial charge in [-0.2, -0.15) is 13.2 Å². The molecule has 0 bridgehead atoms. The number of aromatic amines is 1. The third kappa shape index (κ3) is 3.39. The normalized spacial score (nSPS) is 11.5. The molecule has 1 aromatic carbocycles. The molecule has 0 aliphatic heterocycles. The molecule has 0 unspecified atom stereocenters. The highest BCUT2D eigenvalue weighted by molar-refractivity contribution is 6.01. The molecule has 2 aromatic rings. The van der Waals surface area contributed by atoms with E-state index in [-0.39, 0.29) is 11.5 Å². The van der Waals surface area contributed by atoms with Gasteiger partial charge in [0.25, 0.3) is 5.91 Å². The molecule has 5 nitrogen and oxygen atoms in total. The monoisotopic (exact) mass is 298 g/mol. The number of hydrogen-bond acceptors (Lipinski definition) is 3. The van der Waals surface area contributed by atoms with Crippen molar-refractivity contribution in [3.63, 3.8) is 0 Å². The van der Waals surface area contributed by atoms with Gasteiger partial charge in [0, 0.05) is 12.1 Å². The third-order valence-electron chi connectivity index (χ3n) is 2.88. The van der Waals surface area contributed by atoms with Crippen molar-refractivity contribution in [3.05, 3.63) is 41.0 Å². The fourth-order valence-corrected chi connectivity index (χ4v) is 1.67. The van der Waals surface area contributed by atoms with E-state index in [1.165, 1.54) is 6.07 Å². The maximum Gasteiger partial charge on any atom is 0.416 e. The van der Waals surface area contributed by atoms with Crippen LogP contribution in [-0.4, -0.2) is 21.1 Å². The predicted molar refractivity (Wildman–Crippen MR) is 69.9 cm³/mol. The van der Waals surface area contributed by atoms with Gasteiger partial charge in [-0.05, 0) is 24.6 Å². The largest absolute Gasteiger partial charge is 0.416 e. The summed E-state index contributed by atoms with van der Waals surface area (Å²) in [5, 5.41) is 8.68. The summed E-state index contributed by atoms with van der Waals surface area (Å²) in [5.74, 6) is -0.238. The smallest absolute Gasteiger partial charge is 0.319 e. The molecule has 1 aromatic heterocycles. The van der Waals surface area contributed by atoms with Crippen molar-refractivity contribution in [1.29, 1.82) is 0 Å². The lowest BCUT2D eigenvalue weighted by Gasteiger charge is -2.11. The summed E-state index contributed by atoms with van der Waals surface area (Å²) >= 11 is 0. The quantitative estimate of drug-likeness (QED) is 0.915. The molecule has 0 atom stereocenters. The number of anilines is 1. The van der Waals surface area contributed by atoms with E-state index in [4.69, 9.17) is 0 Å². The van der Waals surface area contributed by atoms with Gasteiger partial charge < -0.3 is 5.32 Å². The minimum atomic E-state index is -4.47. The first-order valence-electron chi connectivity index (χ1n) is 6.21. The number of alkyl halides is 3. The lowest BCUT2D eigenvalue weighted by atomic mass is 10.1. The number of halogens is 3. The molecule has 0 fully saturated rings. The Bertz CT molecular complexity index is 664. The zero-order valence-corrected chi connectivity index (χ0v) is 11.4. The Morgan fingerprint density at radius 2 is 2.10 bits per heavy atom. The van der Waals surface area contributed by atoms with Gasteiger partial charge in [0.15, 0.2) is 0 Å². The van der Waals surface area contributed by atoms with Gasteiger partial charge in [-0.1, -0.05) is 13.0 Å². The van der Waals surface area contributed by atoms with E-state index in [0.29, 0.717) is 17.8 Å². The summed E-state index contributed by atoms with van der Waals surface area (Å²) in [6, 6.07) is 3.15. The van der Waals surface area contributed by atoms with Gasteiger partial charge in [-0.25, -0.2) is 4.98 Å². The number of aromatic nitrogens is 3. The van der Waals surface area contributed by atoms with Crippen LogP contribution in [0.2, 0.25) is 0 Å². The van der Waals surface area contributed by atoms with Crippen LogP contribution in [0, 0.1) is 6.92 Å². The summed E-state index contributed by atoms with van der Waals surface area (Å²) in [6.07, 6.45) is -3.89. The fourth-order valence-electron chi connectivity index (χ4n) is 1.67. The van der Waals surface area contributed by atoms with Gasteiger partial charge in [-0.3, -0.25) is 9.89 Å². The molecular formula is C13H13F3N4O. The number of nitrogens with zero attached hydrogens (tertiary/aromatic N) is 2. The van der Waals surface area contributed by atoms with Gasteiger partial charge >= 0.3 is 6.18 Å². The molecule has 112 valence electrons. The molecule has 2 N–H and O–H groups in total. The Morgan fingerprint density at radius 1 is 1.38 bits per heavy atom. The molecule has 0 radical (unpaired) electrons. The number of nitrogens with one attached hydrogen (secondary N) is 2. The minimum Gasteiger partial charge on any atom is -0.319 e. The maximum absolute atomic E-state index is 12.7. The van der Waals surface area contributed by atoms with E-state index in [1.54, 1.807) is 6.92 Å². The molecule has 0 aliphatic rings. The highest BCUT2D eigenvalue weighted by Gasteiger charge is 2.31. The van der Waals surface area contributed by atoms with Gasteiger partial charge in [0.05, 0.1) is 5.56 Å². The predicted octanol–water partition coefficient (Wildman–Crippen LogP) is 2.95. The van der Waals surface area contributed by atoms with Crippen LogP contribution in [0.15, 0.2) is 18.2 Å². The fraction of sp³-hybridized carbons (Fsp3) is 0.308. The Balaban J connectivity index is 2.24. The molecule has 1 amide bonds. The van der Waals surface area contributed by atoms with E-state index in [2.05, 4.69) is 20.5 Å². The second-order valence-electron chi connectivity index (χ2n) is 4.44. The van der Waals surface area contributed by atoms with Crippen molar-refractivity contribution in [3.8, 4) is 0 Å². The number of carbonyl (C=O) groups is 1.